The summed E-state index contributed by atoms with van der Waals surface area (Å²) in [4.78, 5) is 22.4. The number of aromatic nitrogens is 1. The number of carbonyl (C=O) groups excluding carboxylic acids is 1. The third-order valence-electron chi connectivity index (χ3n) is 4.84. The molecular weight excluding hydrogens is 331 g/mol. The number of rotatable bonds is 6. The number of hydrogen-bond donors (Lipinski definition) is 0. The molecule has 3 rings (SSSR count). The van der Waals surface area contributed by atoms with Crippen molar-refractivity contribution in [3.63, 3.8) is 0 Å². The topological polar surface area (TPSA) is 39.7 Å². The molecule has 1 aliphatic rings. The molecule has 0 radical (unpaired) electrons. The summed E-state index contributed by atoms with van der Waals surface area (Å²) in [5, 5.41) is 0. The molecule has 0 spiro atoms. The number of halogens is 1. The molecule has 1 fully saturated rings. The summed E-state index contributed by atoms with van der Waals surface area (Å²) in [6, 6.07) is 10.8. The van der Waals surface area contributed by atoms with E-state index >= 15 is 0 Å². The molecule has 5 nitrogen and oxygen atoms in total. The first kappa shape index (κ1) is 18.3. The molecule has 1 aromatic heterocycles. The number of anilines is 1. The molecule has 26 heavy (non-hydrogen) atoms. The Morgan fingerprint density at radius 2 is 1.81 bits per heavy atom. The number of pyridine rings is 1. The Morgan fingerprint density at radius 3 is 2.50 bits per heavy atom. The minimum Gasteiger partial charge on any atom is -0.367 e. The highest BCUT2D eigenvalue weighted by molar-refractivity contribution is 5.78. The summed E-state index contributed by atoms with van der Waals surface area (Å²) >= 11 is 0. The minimum absolute atomic E-state index is 0.124. The second-order valence-corrected chi connectivity index (χ2v) is 6.64. The molecule has 0 aliphatic carbocycles. The van der Waals surface area contributed by atoms with E-state index in [2.05, 4.69) is 9.88 Å². The first-order valence-corrected chi connectivity index (χ1v) is 8.98. The van der Waals surface area contributed by atoms with Crippen LogP contribution >= 0.6 is 0 Å². The summed E-state index contributed by atoms with van der Waals surface area (Å²) in [5.74, 6) is -0.0636. The Morgan fingerprint density at radius 1 is 1.12 bits per heavy atom. The van der Waals surface area contributed by atoms with Crippen molar-refractivity contribution in [2.24, 2.45) is 0 Å². The Labute approximate surface area is 154 Å². The molecule has 0 saturated carbocycles. The van der Waals surface area contributed by atoms with Crippen molar-refractivity contribution in [2.75, 3.05) is 51.2 Å². The fourth-order valence-corrected chi connectivity index (χ4v) is 3.14. The third-order valence-corrected chi connectivity index (χ3v) is 4.84. The highest BCUT2D eigenvalue weighted by atomic mass is 19.1. The van der Waals surface area contributed by atoms with E-state index in [0.717, 1.165) is 32.6 Å². The van der Waals surface area contributed by atoms with Gasteiger partial charge in [0, 0.05) is 52.2 Å². The fraction of sp³-hybridized carbons (Fsp3) is 0.400. The van der Waals surface area contributed by atoms with Crippen molar-refractivity contribution < 1.29 is 9.18 Å². The molecule has 0 bridgehead atoms. The number of para-hydroxylation sites is 1. The van der Waals surface area contributed by atoms with Gasteiger partial charge >= 0.3 is 0 Å². The molecular formula is C20H25FN4O. The van der Waals surface area contributed by atoms with E-state index in [1.54, 1.807) is 23.4 Å². The molecule has 6 heteroatoms. The average molecular weight is 356 g/mol. The maximum Gasteiger partial charge on any atom is 0.236 e. The van der Waals surface area contributed by atoms with E-state index in [1.807, 2.05) is 36.2 Å². The predicted molar refractivity (Wildman–Crippen MR) is 101 cm³/mol. The summed E-state index contributed by atoms with van der Waals surface area (Å²) < 4.78 is 13.9. The van der Waals surface area contributed by atoms with Gasteiger partial charge in [0.1, 0.15) is 5.82 Å². The van der Waals surface area contributed by atoms with Crippen LogP contribution in [0.1, 0.15) is 5.56 Å². The van der Waals surface area contributed by atoms with Crippen LogP contribution in [-0.4, -0.2) is 67.0 Å². The fourth-order valence-electron chi connectivity index (χ4n) is 3.14. The number of piperazine rings is 1. The van der Waals surface area contributed by atoms with Crippen LogP contribution in [-0.2, 0) is 11.2 Å². The van der Waals surface area contributed by atoms with Crippen molar-refractivity contribution in [1.29, 1.82) is 0 Å². The quantitative estimate of drug-likeness (QED) is 0.794. The maximum atomic E-state index is 13.9. The van der Waals surface area contributed by atoms with Gasteiger partial charge in [0.25, 0.3) is 0 Å². The van der Waals surface area contributed by atoms with Crippen LogP contribution in [0.2, 0.25) is 0 Å². The SMILES string of the molecule is CN(CCc1ccncc1)C(=O)CN1CCN(c2ccccc2F)CC1. The van der Waals surface area contributed by atoms with Crippen LogP contribution in [0, 0.1) is 5.82 Å². The smallest absolute Gasteiger partial charge is 0.236 e. The van der Waals surface area contributed by atoms with Gasteiger partial charge in [0.2, 0.25) is 5.91 Å². The summed E-state index contributed by atoms with van der Waals surface area (Å²) in [6.45, 7) is 4.09. The van der Waals surface area contributed by atoms with Gasteiger partial charge in [0.05, 0.1) is 12.2 Å². The molecule has 0 N–H and O–H groups in total. The van der Waals surface area contributed by atoms with Crippen LogP contribution in [0.25, 0.3) is 0 Å². The Hall–Kier alpha value is -2.47. The number of benzene rings is 1. The molecule has 2 heterocycles. The van der Waals surface area contributed by atoms with E-state index in [9.17, 15) is 9.18 Å². The highest BCUT2D eigenvalue weighted by Gasteiger charge is 2.21. The molecule has 0 atom stereocenters. The normalized spacial score (nSPS) is 15.1. The average Bonchev–Trinajstić information content (AvgIpc) is 2.68. The lowest BCUT2D eigenvalue weighted by molar-refractivity contribution is -0.131. The third kappa shape index (κ3) is 4.79. The largest absolute Gasteiger partial charge is 0.367 e. The summed E-state index contributed by atoms with van der Waals surface area (Å²) in [6.07, 6.45) is 4.37. The van der Waals surface area contributed by atoms with Gasteiger partial charge in [-0.1, -0.05) is 12.1 Å². The monoisotopic (exact) mass is 356 g/mol. The van der Waals surface area contributed by atoms with Crippen LogP contribution in [0.3, 0.4) is 0 Å². The number of carbonyl (C=O) groups is 1. The van der Waals surface area contributed by atoms with E-state index < -0.39 is 0 Å². The van der Waals surface area contributed by atoms with Gasteiger partial charge in [-0.3, -0.25) is 14.7 Å². The van der Waals surface area contributed by atoms with Crippen LogP contribution < -0.4 is 4.90 Å². The zero-order valence-electron chi connectivity index (χ0n) is 15.1. The molecule has 2 aromatic rings. The molecule has 138 valence electrons. The molecule has 0 unspecified atom stereocenters. The standard InChI is InChI=1S/C20H25FN4O/c1-23(11-8-17-6-9-22-10-7-17)20(26)16-24-12-14-25(15-13-24)19-5-3-2-4-18(19)21/h2-7,9-10H,8,11-16H2,1H3. The van der Waals surface area contributed by atoms with E-state index in [-0.39, 0.29) is 11.7 Å². The second kappa shape index (κ2) is 8.76. The van der Waals surface area contributed by atoms with Crippen LogP contribution in [0.15, 0.2) is 48.8 Å². The van der Waals surface area contributed by atoms with Crippen molar-refractivity contribution in [1.82, 2.24) is 14.8 Å². The molecule has 1 amide bonds. The van der Waals surface area contributed by atoms with Gasteiger partial charge in [-0.05, 0) is 36.2 Å². The van der Waals surface area contributed by atoms with Gasteiger partial charge in [0.15, 0.2) is 0 Å². The molecule has 1 aliphatic heterocycles. The summed E-state index contributed by atoms with van der Waals surface area (Å²) in [7, 11) is 1.85. The summed E-state index contributed by atoms with van der Waals surface area (Å²) in [5.41, 5.74) is 1.83. The van der Waals surface area contributed by atoms with Crippen LogP contribution in [0.5, 0.6) is 0 Å². The maximum absolute atomic E-state index is 13.9. The van der Waals surface area contributed by atoms with Crippen molar-refractivity contribution in [3.05, 3.63) is 60.2 Å². The minimum atomic E-state index is -0.187. The van der Waals surface area contributed by atoms with Crippen LogP contribution in [0.4, 0.5) is 10.1 Å². The lowest BCUT2D eigenvalue weighted by Gasteiger charge is -2.36. The molecule has 1 aromatic carbocycles. The van der Waals surface area contributed by atoms with Crippen molar-refractivity contribution >= 4 is 11.6 Å². The lowest BCUT2D eigenvalue weighted by Crippen LogP contribution is -2.50. The highest BCUT2D eigenvalue weighted by Crippen LogP contribution is 2.20. The number of nitrogens with zero attached hydrogens (tertiary/aromatic N) is 4. The number of amides is 1. The van der Waals surface area contributed by atoms with Gasteiger partial charge in [-0.25, -0.2) is 4.39 Å². The second-order valence-electron chi connectivity index (χ2n) is 6.64. The van der Waals surface area contributed by atoms with E-state index in [0.29, 0.717) is 18.8 Å². The Balaban J connectivity index is 1.43. The molecule has 1 saturated heterocycles. The van der Waals surface area contributed by atoms with Crippen molar-refractivity contribution in [3.8, 4) is 0 Å². The van der Waals surface area contributed by atoms with Gasteiger partial charge < -0.3 is 9.80 Å². The zero-order chi connectivity index (χ0) is 18.4. The zero-order valence-corrected chi connectivity index (χ0v) is 15.1. The first-order valence-electron chi connectivity index (χ1n) is 8.98. The number of likely N-dealkylation sites (N-methyl/N-ethyl adjacent to an activating group) is 1. The Kier molecular flexibility index (Phi) is 6.17. The van der Waals surface area contributed by atoms with E-state index in [1.165, 1.54) is 11.6 Å². The number of hydrogen-bond acceptors (Lipinski definition) is 4. The Bertz CT molecular complexity index is 717. The first-order chi connectivity index (χ1) is 12.6. The van der Waals surface area contributed by atoms with Gasteiger partial charge in [-0.2, -0.15) is 0 Å². The lowest BCUT2D eigenvalue weighted by atomic mass is 10.2. The van der Waals surface area contributed by atoms with Crippen molar-refractivity contribution in [2.45, 2.75) is 6.42 Å². The van der Waals surface area contributed by atoms with E-state index in [4.69, 9.17) is 0 Å². The van der Waals surface area contributed by atoms with Gasteiger partial charge in [-0.15, -0.1) is 0 Å². The predicted octanol–water partition coefficient (Wildman–Crippen LogP) is 2.04.